The van der Waals surface area contributed by atoms with E-state index in [9.17, 15) is 9.59 Å². The molecule has 4 rings (SSSR count). The van der Waals surface area contributed by atoms with E-state index in [4.69, 9.17) is 27.9 Å². The lowest BCUT2D eigenvalue weighted by Crippen LogP contribution is -2.36. The minimum Gasteiger partial charge on any atom is -0.489 e. The summed E-state index contributed by atoms with van der Waals surface area (Å²) >= 11 is 12.1. The van der Waals surface area contributed by atoms with Crippen molar-refractivity contribution in [3.05, 3.63) is 88.4 Å². The molecule has 164 valence electrons. The summed E-state index contributed by atoms with van der Waals surface area (Å²) in [6.07, 6.45) is 0.174. The molecule has 32 heavy (non-hydrogen) atoms. The first-order chi connectivity index (χ1) is 15.5. The van der Waals surface area contributed by atoms with E-state index in [0.29, 0.717) is 28.0 Å². The summed E-state index contributed by atoms with van der Waals surface area (Å²) in [4.78, 5) is 26.6. The van der Waals surface area contributed by atoms with E-state index >= 15 is 0 Å². The number of carbonyl (C=O) groups excluding carboxylic acids is 2. The van der Waals surface area contributed by atoms with Gasteiger partial charge in [0.05, 0.1) is 11.6 Å². The second-order valence-electron chi connectivity index (χ2n) is 7.41. The van der Waals surface area contributed by atoms with Gasteiger partial charge in [-0.25, -0.2) is 0 Å². The molecule has 1 saturated heterocycles. The fourth-order valence-corrected chi connectivity index (χ4v) is 3.90. The number of benzene rings is 3. The lowest BCUT2D eigenvalue weighted by atomic mass is 10.1. The van der Waals surface area contributed by atoms with Crippen molar-refractivity contribution in [2.24, 2.45) is 5.92 Å². The maximum atomic E-state index is 12.6. The van der Waals surface area contributed by atoms with Gasteiger partial charge in [0.2, 0.25) is 11.8 Å². The number of hydrogen-bond donors (Lipinski definition) is 2. The highest BCUT2D eigenvalue weighted by Gasteiger charge is 2.35. The molecule has 1 heterocycles. The van der Waals surface area contributed by atoms with Crippen LogP contribution >= 0.6 is 23.2 Å². The molecule has 1 aliphatic heterocycles. The number of rotatable bonds is 7. The highest BCUT2D eigenvalue weighted by molar-refractivity contribution is 6.35. The molecule has 0 aliphatic carbocycles. The zero-order valence-corrected chi connectivity index (χ0v) is 18.6. The Morgan fingerprint density at radius 2 is 1.84 bits per heavy atom. The van der Waals surface area contributed by atoms with Crippen molar-refractivity contribution in [2.75, 3.05) is 16.9 Å². The Kier molecular flexibility index (Phi) is 6.83. The van der Waals surface area contributed by atoms with Gasteiger partial charge in [0.25, 0.3) is 0 Å². The number of hydrazine groups is 1. The molecule has 0 aromatic heterocycles. The van der Waals surface area contributed by atoms with Crippen LogP contribution in [-0.4, -0.2) is 18.4 Å². The predicted octanol–water partition coefficient (Wildman–Crippen LogP) is 5.07. The number of para-hydroxylation sites is 1. The van der Waals surface area contributed by atoms with Crippen molar-refractivity contribution in [1.82, 2.24) is 5.43 Å². The van der Waals surface area contributed by atoms with Crippen LogP contribution in [0, 0.1) is 5.92 Å². The lowest BCUT2D eigenvalue weighted by molar-refractivity contribution is -0.125. The van der Waals surface area contributed by atoms with Crippen molar-refractivity contribution in [3.8, 4) is 5.75 Å². The van der Waals surface area contributed by atoms with Crippen LogP contribution in [-0.2, 0) is 16.2 Å². The third kappa shape index (κ3) is 5.33. The van der Waals surface area contributed by atoms with Gasteiger partial charge in [0.1, 0.15) is 12.4 Å². The molecular weight excluding hydrogens is 449 g/mol. The average Bonchev–Trinajstić information content (AvgIpc) is 3.19. The quantitative estimate of drug-likeness (QED) is 0.474. The summed E-state index contributed by atoms with van der Waals surface area (Å²) in [6, 6.07) is 21.8. The molecule has 2 N–H and O–H groups in total. The Morgan fingerprint density at radius 1 is 1.03 bits per heavy atom. The highest BCUT2D eigenvalue weighted by atomic mass is 35.5. The van der Waals surface area contributed by atoms with Gasteiger partial charge in [-0.2, -0.15) is 0 Å². The SMILES string of the molecule is O=C(NNc1cccc(OCc2ccc(Cl)cc2Cl)c1)[C@H]1CC(=O)N(c2ccccc2)C1. The van der Waals surface area contributed by atoms with Crippen LogP contribution in [0.5, 0.6) is 5.75 Å². The summed E-state index contributed by atoms with van der Waals surface area (Å²) in [5, 5.41) is 1.10. The minimum absolute atomic E-state index is 0.0624. The van der Waals surface area contributed by atoms with Crippen molar-refractivity contribution in [2.45, 2.75) is 13.0 Å². The number of anilines is 2. The molecule has 0 spiro atoms. The molecule has 6 nitrogen and oxygen atoms in total. The van der Waals surface area contributed by atoms with Crippen molar-refractivity contribution in [1.29, 1.82) is 0 Å². The van der Waals surface area contributed by atoms with Crippen LogP contribution in [0.3, 0.4) is 0 Å². The molecule has 0 saturated carbocycles. The van der Waals surface area contributed by atoms with Crippen molar-refractivity contribution < 1.29 is 14.3 Å². The summed E-state index contributed by atoms with van der Waals surface area (Å²) in [6.45, 7) is 0.632. The summed E-state index contributed by atoms with van der Waals surface area (Å²) in [5.41, 5.74) is 7.85. The molecule has 0 radical (unpaired) electrons. The second-order valence-corrected chi connectivity index (χ2v) is 8.25. The van der Waals surface area contributed by atoms with Gasteiger partial charge in [-0.1, -0.05) is 53.5 Å². The van der Waals surface area contributed by atoms with Gasteiger partial charge >= 0.3 is 0 Å². The fraction of sp³-hybridized carbons (Fsp3) is 0.167. The lowest BCUT2D eigenvalue weighted by Gasteiger charge is -2.17. The van der Waals surface area contributed by atoms with E-state index < -0.39 is 5.92 Å². The molecule has 1 fully saturated rings. The first kappa shape index (κ1) is 22.0. The van der Waals surface area contributed by atoms with Crippen molar-refractivity contribution in [3.63, 3.8) is 0 Å². The maximum absolute atomic E-state index is 12.6. The van der Waals surface area contributed by atoms with Crippen LogP contribution < -0.4 is 20.5 Å². The van der Waals surface area contributed by atoms with Crippen LogP contribution in [0.1, 0.15) is 12.0 Å². The van der Waals surface area contributed by atoms with Crippen LogP contribution in [0.25, 0.3) is 0 Å². The summed E-state index contributed by atoms with van der Waals surface area (Å²) in [5.74, 6) is -0.119. The first-order valence-electron chi connectivity index (χ1n) is 10.1. The van der Waals surface area contributed by atoms with Crippen LogP contribution in [0.4, 0.5) is 11.4 Å². The van der Waals surface area contributed by atoms with Crippen LogP contribution in [0.15, 0.2) is 72.8 Å². The first-order valence-corrected chi connectivity index (χ1v) is 10.8. The topological polar surface area (TPSA) is 70.7 Å². The third-order valence-electron chi connectivity index (χ3n) is 5.14. The Balaban J connectivity index is 1.31. The summed E-state index contributed by atoms with van der Waals surface area (Å²) < 4.78 is 5.81. The molecule has 3 aromatic rings. The zero-order valence-electron chi connectivity index (χ0n) is 17.1. The molecular formula is C24H21Cl2N3O3. The number of halogens is 2. The van der Waals surface area contributed by atoms with Gasteiger partial charge in [-0.15, -0.1) is 0 Å². The normalized spacial score (nSPS) is 15.5. The number of nitrogens with one attached hydrogen (secondary N) is 2. The number of carbonyl (C=O) groups is 2. The number of amides is 2. The number of hydrogen-bond acceptors (Lipinski definition) is 4. The largest absolute Gasteiger partial charge is 0.489 e. The molecule has 1 aliphatic rings. The van der Waals surface area contributed by atoms with E-state index in [1.807, 2.05) is 48.5 Å². The van der Waals surface area contributed by atoms with Gasteiger partial charge in [0, 0.05) is 40.3 Å². The monoisotopic (exact) mass is 469 g/mol. The van der Waals surface area contributed by atoms with E-state index in [0.717, 1.165) is 11.3 Å². The van der Waals surface area contributed by atoms with E-state index in [2.05, 4.69) is 10.9 Å². The Hall–Kier alpha value is -3.22. The Morgan fingerprint density at radius 3 is 2.62 bits per heavy atom. The van der Waals surface area contributed by atoms with E-state index in [1.54, 1.807) is 29.2 Å². The van der Waals surface area contributed by atoms with Crippen molar-refractivity contribution >= 4 is 46.4 Å². The molecule has 0 bridgehead atoms. The maximum Gasteiger partial charge on any atom is 0.243 e. The van der Waals surface area contributed by atoms with Crippen LogP contribution in [0.2, 0.25) is 10.0 Å². The molecule has 8 heteroatoms. The third-order valence-corrected chi connectivity index (χ3v) is 5.72. The van der Waals surface area contributed by atoms with Gasteiger partial charge in [-0.3, -0.25) is 20.4 Å². The summed E-state index contributed by atoms with van der Waals surface area (Å²) in [7, 11) is 0. The smallest absolute Gasteiger partial charge is 0.243 e. The zero-order chi connectivity index (χ0) is 22.5. The number of nitrogens with zero attached hydrogens (tertiary/aromatic N) is 1. The standard InChI is InChI=1S/C24H21Cl2N3O3/c25-18-10-9-16(22(26)12-18)15-32-21-8-4-5-19(13-21)27-28-24(31)17-11-23(30)29(14-17)20-6-2-1-3-7-20/h1-10,12-13,17,27H,11,14-15H2,(H,28,31)/t17-/m0/s1. The second kappa shape index (κ2) is 9.94. The molecule has 2 amide bonds. The predicted molar refractivity (Wildman–Crippen MR) is 126 cm³/mol. The Labute approximate surface area is 196 Å². The molecule has 1 atom stereocenters. The van der Waals surface area contributed by atoms with E-state index in [-0.39, 0.29) is 24.8 Å². The van der Waals surface area contributed by atoms with Gasteiger partial charge in [0.15, 0.2) is 0 Å². The Bertz CT molecular complexity index is 1120. The minimum atomic E-state index is -0.429. The average molecular weight is 470 g/mol. The number of ether oxygens (including phenoxy) is 1. The fourth-order valence-electron chi connectivity index (χ4n) is 3.44. The highest BCUT2D eigenvalue weighted by Crippen LogP contribution is 2.26. The molecule has 0 unspecified atom stereocenters. The van der Waals surface area contributed by atoms with Gasteiger partial charge in [-0.05, 0) is 36.4 Å². The van der Waals surface area contributed by atoms with Gasteiger partial charge < -0.3 is 9.64 Å². The van der Waals surface area contributed by atoms with E-state index in [1.165, 1.54) is 0 Å². The molecule has 3 aromatic carbocycles.